The Balaban J connectivity index is 1.66. The van der Waals surface area contributed by atoms with Gasteiger partial charge in [0.2, 0.25) is 0 Å². The number of benzene rings is 4. The smallest absolute Gasteiger partial charge is 0.352 e. The van der Waals surface area contributed by atoms with Crippen LogP contribution in [0.4, 0.5) is 8.78 Å². The first-order valence-corrected chi connectivity index (χ1v) is 15.3. The van der Waals surface area contributed by atoms with E-state index < -0.39 is 20.6 Å². The molecule has 0 saturated heterocycles. The lowest BCUT2D eigenvalue weighted by molar-refractivity contribution is -0.571. The normalized spacial score (nSPS) is 17.8. The Morgan fingerprint density at radius 2 is 1.20 bits per heavy atom. The van der Waals surface area contributed by atoms with Crippen LogP contribution in [0.15, 0.2) is 134 Å². The molecular formula is C32H29B2F2N4P. The van der Waals surface area contributed by atoms with Crippen LogP contribution in [0.5, 0.6) is 0 Å². The van der Waals surface area contributed by atoms with Crippen molar-refractivity contribution in [3.05, 3.63) is 146 Å². The zero-order valence-electron chi connectivity index (χ0n) is 23.0. The molecule has 0 N–H and O–H groups in total. The molecule has 3 heterocycles. The molecule has 0 fully saturated rings. The molecule has 0 radical (unpaired) electrons. The zero-order valence-corrected chi connectivity index (χ0v) is 23.9. The molecule has 7 rings (SSSR count). The maximum absolute atomic E-state index is 14.4. The summed E-state index contributed by atoms with van der Waals surface area (Å²) in [5.41, 5.74) is 4.85. The Morgan fingerprint density at radius 3 is 1.78 bits per heavy atom. The zero-order chi connectivity index (χ0) is 28.1. The van der Waals surface area contributed by atoms with Crippen LogP contribution in [-0.2, 0) is 14.1 Å². The Bertz CT molecular complexity index is 1800. The van der Waals surface area contributed by atoms with E-state index in [9.17, 15) is 8.78 Å². The number of hydrogen-bond donors (Lipinski definition) is 0. The van der Waals surface area contributed by atoms with Crippen molar-refractivity contribution in [3.63, 3.8) is 0 Å². The van der Waals surface area contributed by atoms with Crippen molar-refractivity contribution < 1.29 is 17.7 Å². The highest BCUT2D eigenvalue weighted by molar-refractivity contribution is 8.07. The molecule has 1 aliphatic rings. The molecule has 0 amide bonds. The summed E-state index contributed by atoms with van der Waals surface area (Å²) in [6.07, 6.45) is 8.71. The third kappa shape index (κ3) is 3.93. The fourth-order valence-corrected chi connectivity index (χ4v) is 10.7. The van der Waals surface area contributed by atoms with Crippen molar-refractivity contribution in [2.45, 2.75) is 0 Å². The Hall–Kier alpha value is -4.28. The van der Waals surface area contributed by atoms with Crippen LogP contribution in [0.3, 0.4) is 0 Å². The van der Waals surface area contributed by atoms with Gasteiger partial charge < -0.3 is 8.96 Å². The number of fused-ring (bicyclic) bond motifs is 2. The molecule has 1 aliphatic heterocycles. The maximum Gasteiger partial charge on any atom is 0.352 e. The lowest BCUT2D eigenvalue weighted by atomic mass is 9.43. The van der Waals surface area contributed by atoms with E-state index in [1.165, 1.54) is 22.4 Å². The van der Waals surface area contributed by atoms with Gasteiger partial charge in [-0.25, -0.2) is 8.78 Å². The van der Waals surface area contributed by atoms with Gasteiger partial charge in [0.15, 0.2) is 0 Å². The van der Waals surface area contributed by atoms with E-state index in [1.54, 1.807) is 24.3 Å². The second-order valence-corrected chi connectivity index (χ2v) is 13.5. The third-order valence-electron chi connectivity index (χ3n) is 8.76. The second kappa shape index (κ2) is 9.97. The van der Waals surface area contributed by atoms with Gasteiger partial charge >= 0.3 is 12.8 Å². The first-order valence-electron chi connectivity index (χ1n) is 13.9. The van der Waals surface area contributed by atoms with Crippen LogP contribution < -0.4 is 41.9 Å². The van der Waals surface area contributed by atoms with E-state index >= 15 is 0 Å². The minimum Gasteiger partial charge on any atom is -0.452 e. The highest BCUT2D eigenvalue weighted by atomic mass is 31.1. The molecule has 2 atom stereocenters. The predicted octanol–water partition coefficient (Wildman–Crippen LogP) is 1.15. The third-order valence-corrected chi connectivity index (χ3v) is 12.0. The van der Waals surface area contributed by atoms with E-state index in [4.69, 9.17) is 0 Å². The molecule has 202 valence electrons. The van der Waals surface area contributed by atoms with Crippen molar-refractivity contribution >= 4 is 53.6 Å². The van der Waals surface area contributed by atoms with Crippen molar-refractivity contribution in [1.29, 1.82) is 0 Å². The summed E-state index contributed by atoms with van der Waals surface area (Å²) in [4.78, 5) is 0. The average molecular weight is 560 g/mol. The van der Waals surface area contributed by atoms with Gasteiger partial charge in [-0.2, -0.15) is 5.46 Å². The van der Waals surface area contributed by atoms with Crippen LogP contribution in [0.1, 0.15) is 0 Å². The molecule has 0 bridgehead atoms. The largest absolute Gasteiger partial charge is 0.452 e. The van der Waals surface area contributed by atoms with Crippen LogP contribution in [0.25, 0.3) is 0 Å². The molecule has 2 aromatic heterocycles. The maximum atomic E-state index is 14.4. The van der Waals surface area contributed by atoms with Crippen molar-refractivity contribution in [2.24, 2.45) is 14.1 Å². The Kier molecular flexibility index (Phi) is 6.24. The molecular weight excluding hydrogens is 531 g/mol. The summed E-state index contributed by atoms with van der Waals surface area (Å²) in [5, 5.41) is 2.06. The number of aryl methyl sites for hydroxylation is 2. The van der Waals surface area contributed by atoms with Gasteiger partial charge in [0, 0.05) is 0 Å². The Labute approximate surface area is 239 Å². The number of rotatable bonds is 5. The monoisotopic (exact) mass is 560 g/mol. The second-order valence-electron chi connectivity index (χ2n) is 11.0. The lowest BCUT2D eigenvalue weighted by Crippen LogP contribution is -2.98. The summed E-state index contributed by atoms with van der Waals surface area (Å²) < 4.78 is 38.2. The minimum atomic E-state index is -1.77. The van der Waals surface area contributed by atoms with E-state index in [1.807, 2.05) is 30.3 Å². The summed E-state index contributed by atoms with van der Waals surface area (Å²) in [6, 6.07) is 33.4. The summed E-state index contributed by atoms with van der Waals surface area (Å²) in [5.74, 6) is -0.549. The van der Waals surface area contributed by atoms with Crippen LogP contribution in [0, 0.1) is 11.6 Å². The SMILES string of the molecule is Cn1cc[n+]2c1[B@-](c1ccccc1)(P(c1ccc(F)cc1)c1ccc(F)cc1)[n+]1ccn(C)c1[B@@H-]2c1ccccc1. The van der Waals surface area contributed by atoms with Crippen LogP contribution >= 0.6 is 7.80 Å². The highest BCUT2D eigenvalue weighted by Gasteiger charge is 2.55. The molecule has 4 nitrogen and oxygen atoms in total. The fourth-order valence-electron chi connectivity index (χ4n) is 7.16. The van der Waals surface area contributed by atoms with E-state index in [2.05, 4.69) is 112 Å². The summed E-state index contributed by atoms with van der Waals surface area (Å²) in [7, 11) is 2.99. The quantitative estimate of drug-likeness (QED) is 0.223. The van der Waals surface area contributed by atoms with E-state index in [0.29, 0.717) is 0 Å². The molecule has 41 heavy (non-hydrogen) atoms. The molecule has 6 aromatic rings. The van der Waals surface area contributed by atoms with E-state index in [0.717, 1.165) is 10.6 Å². The lowest BCUT2D eigenvalue weighted by Gasteiger charge is -2.50. The number of imidazole rings is 2. The molecule has 0 unspecified atom stereocenters. The first-order chi connectivity index (χ1) is 20.0. The predicted molar refractivity (Wildman–Crippen MR) is 165 cm³/mol. The average Bonchev–Trinajstić information content (AvgIpc) is 3.59. The van der Waals surface area contributed by atoms with Gasteiger partial charge in [0.1, 0.15) is 24.0 Å². The molecule has 0 aliphatic carbocycles. The van der Waals surface area contributed by atoms with Gasteiger partial charge in [-0.05, 0) is 24.3 Å². The van der Waals surface area contributed by atoms with Crippen LogP contribution in [-0.4, -0.2) is 22.0 Å². The Morgan fingerprint density at radius 1 is 0.659 bits per heavy atom. The van der Waals surface area contributed by atoms with Crippen molar-refractivity contribution in [1.82, 2.24) is 9.13 Å². The van der Waals surface area contributed by atoms with E-state index in [-0.39, 0.29) is 11.6 Å². The van der Waals surface area contributed by atoms with Gasteiger partial charge in [0.05, 0.1) is 37.9 Å². The molecule has 0 spiro atoms. The number of aromatic nitrogens is 4. The minimum absolute atomic E-state index is 0.275. The molecule has 4 aromatic carbocycles. The van der Waals surface area contributed by atoms with Gasteiger partial charge in [-0.1, -0.05) is 95.5 Å². The fraction of sp³-hybridized carbons (Fsp3) is 0.0625. The number of halogens is 2. The van der Waals surface area contributed by atoms with Crippen molar-refractivity contribution in [3.8, 4) is 0 Å². The number of nitrogens with zero attached hydrogens (tertiary/aromatic N) is 4. The first kappa shape index (κ1) is 25.7. The summed E-state index contributed by atoms with van der Waals surface area (Å²) >= 11 is 0. The number of hydrogen-bond acceptors (Lipinski definition) is 0. The molecule has 0 saturated carbocycles. The van der Waals surface area contributed by atoms with Gasteiger partial charge in [-0.3, -0.25) is 9.13 Å². The van der Waals surface area contributed by atoms with Crippen LogP contribution in [0.2, 0.25) is 0 Å². The summed E-state index contributed by atoms with van der Waals surface area (Å²) in [6.45, 7) is -1.21. The standard InChI is InChI=1S/C32H29B2F2N4P/c1-37-22-24-40-31(37)33(25-9-5-3-6-10-25)39-23-21-38(2)32(39)34(40,26-11-7-4-8-12-26)41(29-17-13-27(35)14-18-29)30-19-15-28(36)16-20-30/h3-24,33H,1-2H3/t33-,34-/m0/s1. The topological polar surface area (TPSA) is 17.6 Å². The van der Waals surface area contributed by atoms with Gasteiger partial charge in [0.25, 0.3) is 0 Å². The highest BCUT2D eigenvalue weighted by Crippen LogP contribution is 2.42. The molecule has 9 heteroatoms. The van der Waals surface area contributed by atoms with Crippen molar-refractivity contribution in [2.75, 3.05) is 0 Å². The van der Waals surface area contributed by atoms with Gasteiger partial charge in [-0.15, -0.1) is 13.3 Å².